The average Bonchev–Trinajstić information content (AvgIpc) is 3.45. The van der Waals surface area contributed by atoms with Crippen LogP contribution in [0.5, 0.6) is 5.75 Å². The second-order valence-corrected chi connectivity index (χ2v) is 14.3. The number of aryl methyl sites for hydroxylation is 2. The minimum atomic E-state index is -0.681. The molecule has 1 aliphatic carbocycles. The van der Waals surface area contributed by atoms with E-state index < -0.39 is 18.5 Å². The molecule has 14 heteroatoms. The van der Waals surface area contributed by atoms with E-state index in [1.165, 1.54) is 12.8 Å². The smallest absolute Gasteiger partial charge is 0.676 e. The fourth-order valence-electron chi connectivity index (χ4n) is 7.36. The van der Waals surface area contributed by atoms with Gasteiger partial charge in [-0.1, -0.05) is 43.4 Å². The predicted octanol–water partition coefficient (Wildman–Crippen LogP) is 7.80. The van der Waals surface area contributed by atoms with Gasteiger partial charge in [0.1, 0.15) is 11.3 Å². The maximum atomic E-state index is 13.6. The molecule has 3 aromatic carbocycles. The van der Waals surface area contributed by atoms with Crippen LogP contribution in [0.25, 0.3) is 33.3 Å². The van der Waals surface area contributed by atoms with E-state index in [0.717, 1.165) is 51.3 Å². The first-order valence-electron chi connectivity index (χ1n) is 18.1. The summed E-state index contributed by atoms with van der Waals surface area (Å²) in [7, 11) is 1.56. The summed E-state index contributed by atoms with van der Waals surface area (Å²) in [6, 6.07) is 19.4. The number of ether oxygens (including phenoxy) is 3. The van der Waals surface area contributed by atoms with Crippen molar-refractivity contribution in [2.45, 2.75) is 83.6 Å². The standard InChI is InChI=1S/C36H33ClN3O6.C6H12N2.H2O.Pt/c1-21-22(2)28-8-6-16-39(35(28)34-27(21)7-5-15-38-34)20-46-33(42)19-45-32(41)18-29-23(3)40(31-14-13-26(44-4)17-30(29)31)36(43)24-9-11-25(37)12-10-24;7-5-3-1-2-4-6(5)8;;/h5-17,23,29H,18-20H2,1-4H3;5-8H,1-4H2;1H2;/q+1;-2;;+2/t;5-,6?;;/m.0../s1. The van der Waals surface area contributed by atoms with Crippen molar-refractivity contribution in [3.63, 3.8) is 0 Å². The van der Waals surface area contributed by atoms with Crippen molar-refractivity contribution < 1.29 is 59.7 Å². The number of esters is 2. The summed E-state index contributed by atoms with van der Waals surface area (Å²) in [5.41, 5.74) is 20.5. The topological polar surface area (TPSA) is 178 Å². The Balaban J connectivity index is 0.000000621. The SMILES string of the molecule is COc1ccc2c(c1)C(CC(=O)OCC(=O)OC[n+]1cccc3c(C)c(C)c4cccnc4c31)C(C)N2C(=O)c1ccc(Cl)cc1.O.[NH-]C1CCCC[C@@H]1[NH-].[Pt+2]. The van der Waals surface area contributed by atoms with Gasteiger partial charge in [-0.3, -0.25) is 9.59 Å². The molecule has 2 aliphatic rings. The van der Waals surface area contributed by atoms with E-state index in [1.54, 1.807) is 48.5 Å². The summed E-state index contributed by atoms with van der Waals surface area (Å²) in [5, 5.41) is 2.57. The third kappa shape index (κ3) is 9.56. The van der Waals surface area contributed by atoms with E-state index in [-0.39, 0.29) is 69.6 Å². The molecule has 3 unspecified atom stereocenters. The van der Waals surface area contributed by atoms with Crippen molar-refractivity contribution in [2.24, 2.45) is 0 Å². The quantitative estimate of drug-likeness (QED) is 0.0866. The van der Waals surface area contributed by atoms with Gasteiger partial charge in [-0.2, -0.15) is 16.7 Å². The molecule has 0 radical (unpaired) electrons. The molecule has 3 heterocycles. The first-order valence-corrected chi connectivity index (χ1v) is 18.5. The van der Waals surface area contributed by atoms with Crippen LogP contribution in [0.4, 0.5) is 5.69 Å². The van der Waals surface area contributed by atoms with Crippen molar-refractivity contribution in [1.82, 2.24) is 4.98 Å². The van der Waals surface area contributed by atoms with Gasteiger partial charge in [-0.25, -0.2) is 9.78 Å². The van der Waals surface area contributed by atoms with Gasteiger partial charge >= 0.3 is 33.0 Å². The molecule has 7 rings (SSSR count). The molecule has 1 aliphatic heterocycles. The number of carbonyl (C=O) groups is 3. The Bertz CT molecular complexity index is 2180. The molecule has 1 fully saturated rings. The molecule has 0 saturated heterocycles. The van der Waals surface area contributed by atoms with Crippen molar-refractivity contribution in [2.75, 3.05) is 18.6 Å². The molecule has 1 saturated carbocycles. The summed E-state index contributed by atoms with van der Waals surface area (Å²) < 4.78 is 18.2. The number of benzene rings is 3. The Morgan fingerprint density at radius 2 is 1.57 bits per heavy atom. The van der Waals surface area contributed by atoms with Gasteiger partial charge in [0, 0.05) is 45.9 Å². The van der Waals surface area contributed by atoms with Gasteiger partial charge in [-0.05, 0) is 92.1 Å². The molecular formula is C42H47ClN5O7Pt+. The number of aromatic nitrogens is 2. The zero-order valence-electron chi connectivity index (χ0n) is 31.8. The fraction of sp³-hybridized carbons (Fsp3) is 0.357. The van der Waals surface area contributed by atoms with Crippen LogP contribution < -0.4 is 14.2 Å². The molecule has 4 N–H and O–H groups in total. The molecule has 4 atom stereocenters. The molecule has 5 aromatic rings. The largest absolute Gasteiger partial charge is 2.00 e. The third-order valence-corrected chi connectivity index (χ3v) is 10.8. The van der Waals surface area contributed by atoms with Crippen molar-refractivity contribution >= 4 is 56.9 Å². The Morgan fingerprint density at radius 3 is 2.23 bits per heavy atom. The minimum absolute atomic E-state index is 0. The van der Waals surface area contributed by atoms with Crippen LogP contribution in [0.2, 0.25) is 5.02 Å². The number of carbonyl (C=O) groups excluding carboxylic acids is 3. The Hall–Kier alpha value is -4.45. The van der Waals surface area contributed by atoms with Crippen LogP contribution >= 0.6 is 11.6 Å². The van der Waals surface area contributed by atoms with Gasteiger partial charge in [0.05, 0.1) is 18.9 Å². The first kappa shape index (κ1) is 44.3. The van der Waals surface area contributed by atoms with E-state index in [2.05, 4.69) is 18.8 Å². The van der Waals surface area contributed by atoms with Crippen molar-refractivity contribution in [3.05, 3.63) is 118 Å². The summed E-state index contributed by atoms with van der Waals surface area (Å²) in [5.74, 6) is -1.26. The number of nitrogens with one attached hydrogen (secondary N) is 2. The molecule has 2 aromatic heterocycles. The van der Waals surface area contributed by atoms with Gasteiger partial charge in [0.25, 0.3) is 12.6 Å². The van der Waals surface area contributed by atoms with Gasteiger partial charge < -0.3 is 36.1 Å². The van der Waals surface area contributed by atoms with E-state index in [0.29, 0.717) is 22.0 Å². The number of hydrogen-bond donors (Lipinski definition) is 0. The molecule has 1 amide bonds. The number of hydrogen-bond acceptors (Lipinski definition) is 7. The maximum absolute atomic E-state index is 13.6. The Labute approximate surface area is 346 Å². The average molecular weight is 964 g/mol. The number of anilines is 1. The number of halogens is 1. The van der Waals surface area contributed by atoms with Crippen LogP contribution in [-0.4, -0.2) is 60.1 Å². The molecule has 56 heavy (non-hydrogen) atoms. The van der Waals surface area contributed by atoms with Crippen LogP contribution in [0.3, 0.4) is 0 Å². The van der Waals surface area contributed by atoms with E-state index in [1.807, 2.05) is 54.1 Å². The first-order chi connectivity index (χ1) is 26.0. The van der Waals surface area contributed by atoms with Crippen LogP contribution in [0.15, 0.2) is 79.1 Å². The van der Waals surface area contributed by atoms with Crippen LogP contribution in [0.1, 0.15) is 72.0 Å². The van der Waals surface area contributed by atoms with Crippen molar-refractivity contribution in [1.29, 1.82) is 0 Å². The number of pyridine rings is 2. The molecular weight excluding hydrogens is 917 g/mol. The zero-order chi connectivity index (χ0) is 38.5. The number of fused-ring (bicyclic) bond motifs is 4. The number of nitrogens with zero attached hydrogens (tertiary/aromatic N) is 3. The number of rotatable bonds is 8. The normalized spacial score (nSPS) is 18.4. The third-order valence-electron chi connectivity index (χ3n) is 10.5. The second-order valence-electron chi connectivity index (χ2n) is 13.9. The summed E-state index contributed by atoms with van der Waals surface area (Å²) in [4.78, 5) is 45.7. The molecule has 0 bridgehead atoms. The molecule has 0 spiro atoms. The summed E-state index contributed by atoms with van der Waals surface area (Å²) in [6.45, 7) is 5.40. The Kier molecular flexibility index (Phi) is 15.5. The van der Waals surface area contributed by atoms with Crippen LogP contribution in [-0.2, 0) is 46.9 Å². The second kappa shape index (κ2) is 19.6. The number of methoxy groups -OCH3 is 1. The monoisotopic (exact) mass is 963 g/mol. The molecule has 298 valence electrons. The number of amides is 1. The molecule has 12 nitrogen and oxygen atoms in total. The maximum Gasteiger partial charge on any atom is 2.00 e. The van der Waals surface area contributed by atoms with E-state index in [9.17, 15) is 14.4 Å². The zero-order valence-corrected chi connectivity index (χ0v) is 34.8. The van der Waals surface area contributed by atoms with Crippen LogP contribution in [0, 0.1) is 13.8 Å². The predicted molar refractivity (Wildman–Crippen MR) is 212 cm³/mol. The Morgan fingerprint density at radius 1 is 0.911 bits per heavy atom. The summed E-state index contributed by atoms with van der Waals surface area (Å²) in [6.07, 6.45) is 7.77. The summed E-state index contributed by atoms with van der Waals surface area (Å²) >= 11 is 6.03. The van der Waals surface area contributed by atoms with Crippen molar-refractivity contribution in [3.8, 4) is 5.75 Å². The van der Waals surface area contributed by atoms with Gasteiger partial charge in [0.15, 0.2) is 12.8 Å². The van der Waals surface area contributed by atoms with E-state index >= 15 is 0 Å². The van der Waals surface area contributed by atoms with E-state index in [4.69, 9.17) is 37.3 Å². The van der Waals surface area contributed by atoms with Gasteiger partial charge in [-0.15, -0.1) is 0 Å². The fourth-order valence-corrected chi connectivity index (χ4v) is 7.49. The van der Waals surface area contributed by atoms with Gasteiger partial charge in [0.2, 0.25) is 5.52 Å². The minimum Gasteiger partial charge on any atom is -0.676 e.